The number of nitrogens with zero attached hydrogens (tertiary/aromatic N) is 3. The first-order valence-electron chi connectivity index (χ1n) is 5.88. The molecule has 4 heteroatoms. The summed E-state index contributed by atoms with van der Waals surface area (Å²) in [5.74, 6) is 1.05. The first-order valence-corrected chi connectivity index (χ1v) is 5.88. The smallest absolute Gasteiger partial charge is 0.141 e. The van der Waals surface area contributed by atoms with E-state index in [1.807, 2.05) is 18.2 Å². The maximum Gasteiger partial charge on any atom is 0.141 e. The number of benzene rings is 1. The molecule has 90 valence electrons. The molecule has 1 unspecified atom stereocenters. The van der Waals surface area contributed by atoms with Crippen LogP contribution in [0, 0.1) is 0 Å². The molecule has 17 heavy (non-hydrogen) atoms. The van der Waals surface area contributed by atoms with E-state index in [2.05, 4.69) is 40.7 Å². The number of aromatic nitrogens is 3. The number of rotatable bonds is 4. The lowest BCUT2D eigenvalue weighted by molar-refractivity contribution is 0.549. The first kappa shape index (κ1) is 11.8. The Bertz CT molecular complexity index is 461. The van der Waals surface area contributed by atoms with Crippen LogP contribution in [0.1, 0.15) is 37.2 Å². The van der Waals surface area contributed by atoms with E-state index < -0.39 is 0 Å². The van der Waals surface area contributed by atoms with Gasteiger partial charge in [-0.1, -0.05) is 30.3 Å². The van der Waals surface area contributed by atoms with Gasteiger partial charge in [-0.2, -0.15) is 0 Å². The molecule has 0 saturated carbocycles. The monoisotopic (exact) mass is 230 g/mol. The van der Waals surface area contributed by atoms with Crippen molar-refractivity contribution in [3.05, 3.63) is 48.0 Å². The zero-order valence-corrected chi connectivity index (χ0v) is 10.2. The molecular formula is C13H18N4. The highest BCUT2D eigenvalue weighted by molar-refractivity contribution is 5.26. The molecule has 0 spiro atoms. The third kappa shape index (κ3) is 2.36. The summed E-state index contributed by atoms with van der Waals surface area (Å²) in [5.41, 5.74) is 7.07. The van der Waals surface area contributed by atoms with Crippen LogP contribution in [0.15, 0.2) is 36.7 Å². The Morgan fingerprint density at radius 3 is 2.53 bits per heavy atom. The largest absolute Gasteiger partial charge is 0.329 e. The lowest BCUT2D eigenvalue weighted by Crippen LogP contribution is -2.19. The summed E-state index contributed by atoms with van der Waals surface area (Å²) >= 11 is 0. The number of nitrogens with two attached hydrogens (primary N) is 1. The van der Waals surface area contributed by atoms with Gasteiger partial charge in [-0.15, -0.1) is 10.2 Å². The van der Waals surface area contributed by atoms with Gasteiger partial charge in [0.25, 0.3) is 0 Å². The zero-order chi connectivity index (χ0) is 12.3. The molecule has 4 nitrogen and oxygen atoms in total. The quantitative estimate of drug-likeness (QED) is 0.873. The van der Waals surface area contributed by atoms with Gasteiger partial charge in [-0.25, -0.2) is 0 Å². The second-order valence-corrected chi connectivity index (χ2v) is 4.39. The molecule has 2 rings (SSSR count). The van der Waals surface area contributed by atoms with Gasteiger partial charge in [0, 0.05) is 12.6 Å². The van der Waals surface area contributed by atoms with E-state index in [4.69, 9.17) is 5.73 Å². The SMILES string of the molecule is CC(C)n1cnnc1C(CN)c1ccccc1. The van der Waals surface area contributed by atoms with Crippen LogP contribution in [-0.2, 0) is 0 Å². The molecule has 1 aromatic carbocycles. The molecule has 0 aliphatic carbocycles. The molecular weight excluding hydrogens is 212 g/mol. The van der Waals surface area contributed by atoms with Crippen molar-refractivity contribution in [1.29, 1.82) is 0 Å². The third-order valence-corrected chi connectivity index (χ3v) is 2.91. The van der Waals surface area contributed by atoms with Gasteiger partial charge in [-0.3, -0.25) is 0 Å². The Balaban J connectivity index is 2.39. The third-order valence-electron chi connectivity index (χ3n) is 2.91. The van der Waals surface area contributed by atoms with Crippen molar-refractivity contribution < 1.29 is 0 Å². The summed E-state index contributed by atoms with van der Waals surface area (Å²) in [4.78, 5) is 0. The Labute approximate surface area is 101 Å². The molecule has 1 aromatic heterocycles. The fraction of sp³-hybridized carbons (Fsp3) is 0.385. The molecule has 2 aromatic rings. The Morgan fingerprint density at radius 2 is 1.94 bits per heavy atom. The summed E-state index contributed by atoms with van der Waals surface area (Å²) in [7, 11) is 0. The van der Waals surface area contributed by atoms with Crippen molar-refractivity contribution in [2.24, 2.45) is 5.73 Å². The Morgan fingerprint density at radius 1 is 1.24 bits per heavy atom. The summed E-state index contributed by atoms with van der Waals surface area (Å²) in [5, 5.41) is 8.21. The van der Waals surface area contributed by atoms with E-state index in [-0.39, 0.29) is 5.92 Å². The second-order valence-electron chi connectivity index (χ2n) is 4.39. The van der Waals surface area contributed by atoms with Crippen molar-refractivity contribution in [3.8, 4) is 0 Å². The predicted molar refractivity (Wildman–Crippen MR) is 67.7 cm³/mol. The lowest BCUT2D eigenvalue weighted by Gasteiger charge is -2.17. The lowest BCUT2D eigenvalue weighted by atomic mass is 9.98. The van der Waals surface area contributed by atoms with Crippen LogP contribution in [0.2, 0.25) is 0 Å². The van der Waals surface area contributed by atoms with Gasteiger partial charge in [-0.05, 0) is 19.4 Å². The topological polar surface area (TPSA) is 56.7 Å². The molecule has 2 N–H and O–H groups in total. The van der Waals surface area contributed by atoms with E-state index in [9.17, 15) is 0 Å². The average molecular weight is 230 g/mol. The molecule has 0 aliphatic heterocycles. The van der Waals surface area contributed by atoms with E-state index in [1.54, 1.807) is 6.33 Å². The Hall–Kier alpha value is -1.68. The number of hydrogen-bond acceptors (Lipinski definition) is 3. The number of hydrogen-bond donors (Lipinski definition) is 1. The van der Waals surface area contributed by atoms with E-state index in [0.29, 0.717) is 12.6 Å². The van der Waals surface area contributed by atoms with E-state index in [0.717, 1.165) is 5.82 Å². The summed E-state index contributed by atoms with van der Waals surface area (Å²) in [6, 6.07) is 10.6. The predicted octanol–water partition coefficient (Wildman–Crippen LogP) is 1.95. The van der Waals surface area contributed by atoms with Crippen LogP contribution in [0.5, 0.6) is 0 Å². The highest BCUT2D eigenvalue weighted by Crippen LogP contribution is 2.23. The molecule has 0 bridgehead atoms. The molecule has 1 heterocycles. The van der Waals surface area contributed by atoms with Gasteiger partial charge in [0.1, 0.15) is 12.2 Å². The van der Waals surface area contributed by atoms with Gasteiger partial charge in [0.05, 0.1) is 5.92 Å². The van der Waals surface area contributed by atoms with Gasteiger partial charge in [0.2, 0.25) is 0 Å². The van der Waals surface area contributed by atoms with Crippen molar-refractivity contribution in [3.63, 3.8) is 0 Å². The van der Waals surface area contributed by atoms with Gasteiger partial charge < -0.3 is 10.3 Å². The minimum atomic E-state index is 0.112. The molecule has 0 fully saturated rings. The molecule has 0 radical (unpaired) electrons. The Kier molecular flexibility index (Phi) is 3.54. The van der Waals surface area contributed by atoms with Crippen LogP contribution in [0.3, 0.4) is 0 Å². The van der Waals surface area contributed by atoms with E-state index >= 15 is 0 Å². The van der Waals surface area contributed by atoms with Crippen molar-refractivity contribution >= 4 is 0 Å². The van der Waals surface area contributed by atoms with Crippen molar-refractivity contribution in [2.75, 3.05) is 6.54 Å². The van der Waals surface area contributed by atoms with E-state index in [1.165, 1.54) is 5.56 Å². The minimum absolute atomic E-state index is 0.112. The fourth-order valence-electron chi connectivity index (χ4n) is 1.97. The van der Waals surface area contributed by atoms with Crippen molar-refractivity contribution in [2.45, 2.75) is 25.8 Å². The maximum absolute atomic E-state index is 5.88. The fourth-order valence-corrected chi connectivity index (χ4v) is 1.97. The maximum atomic E-state index is 5.88. The van der Waals surface area contributed by atoms with Crippen LogP contribution in [-0.4, -0.2) is 21.3 Å². The summed E-state index contributed by atoms with van der Waals surface area (Å²) in [6.07, 6.45) is 1.77. The average Bonchev–Trinajstić information content (AvgIpc) is 2.81. The normalized spacial score (nSPS) is 12.9. The standard InChI is InChI=1S/C13H18N4/c1-10(2)17-9-15-16-13(17)12(8-14)11-6-4-3-5-7-11/h3-7,9-10,12H,8,14H2,1-2H3. The van der Waals surface area contributed by atoms with Crippen LogP contribution >= 0.6 is 0 Å². The highest BCUT2D eigenvalue weighted by atomic mass is 15.3. The van der Waals surface area contributed by atoms with Gasteiger partial charge in [0.15, 0.2) is 0 Å². The summed E-state index contributed by atoms with van der Waals surface area (Å²) < 4.78 is 2.07. The van der Waals surface area contributed by atoms with Crippen LogP contribution in [0.4, 0.5) is 0 Å². The van der Waals surface area contributed by atoms with Crippen molar-refractivity contribution in [1.82, 2.24) is 14.8 Å². The summed E-state index contributed by atoms with van der Waals surface area (Å²) in [6.45, 7) is 4.77. The molecule has 0 saturated heterocycles. The van der Waals surface area contributed by atoms with Crippen LogP contribution < -0.4 is 5.73 Å². The minimum Gasteiger partial charge on any atom is -0.329 e. The van der Waals surface area contributed by atoms with Gasteiger partial charge >= 0.3 is 0 Å². The molecule has 0 aliphatic rings. The molecule has 1 atom stereocenters. The molecule has 0 amide bonds. The highest BCUT2D eigenvalue weighted by Gasteiger charge is 2.19. The second kappa shape index (κ2) is 5.10. The first-order chi connectivity index (χ1) is 8.24. The van der Waals surface area contributed by atoms with Crippen LogP contribution in [0.25, 0.3) is 0 Å². The zero-order valence-electron chi connectivity index (χ0n) is 10.2.